The Labute approximate surface area is 93.7 Å². The van der Waals surface area contributed by atoms with E-state index in [1.54, 1.807) is 7.11 Å². The summed E-state index contributed by atoms with van der Waals surface area (Å²) in [4.78, 5) is 2.34. The van der Waals surface area contributed by atoms with E-state index in [1.807, 2.05) is 0 Å². The van der Waals surface area contributed by atoms with Crippen LogP contribution in [0, 0.1) is 5.92 Å². The van der Waals surface area contributed by atoms with E-state index < -0.39 is 0 Å². The van der Waals surface area contributed by atoms with Crippen LogP contribution in [-0.2, 0) is 9.47 Å². The highest BCUT2D eigenvalue weighted by molar-refractivity contribution is 4.60. The quantitative estimate of drug-likeness (QED) is 0.545. The molecule has 0 radical (unpaired) electrons. The van der Waals surface area contributed by atoms with Gasteiger partial charge in [0.25, 0.3) is 0 Å². The summed E-state index contributed by atoms with van der Waals surface area (Å²) in [5.74, 6) is 0.676. The van der Waals surface area contributed by atoms with Crippen molar-refractivity contribution in [2.24, 2.45) is 11.7 Å². The molecule has 0 rings (SSSR count). The topological polar surface area (TPSA) is 47.7 Å². The van der Waals surface area contributed by atoms with E-state index in [-0.39, 0.29) is 0 Å². The van der Waals surface area contributed by atoms with Crippen LogP contribution in [0.5, 0.6) is 0 Å². The maximum atomic E-state index is 5.55. The van der Waals surface area contributed by atoms with Crippen molar-refractivity contribution in [2.45, 2.75) is 13.8 Å². The molecule has 0 saturated carbocycles. The molecule has 0 amide bonds. The van der Waals surface area contributed by atoms with Crippen molar-refractivity contribution in [3.05, 3.63) is 0 Å². The predicted octanol–water partition coefficient (Wildman–Crippen LogP) is 0.566. The molecule has 0 unspecified atom stereocenters. The van der Waals surface area contributed by atoms with Crippen LogP contribution in [0.25, 0.3) is 0 Å². The monoisotopic (exact) mass is 218 g/mol. The lowest BCUT2D eigenvalue weighted by Gasteiger charge is -2.23. The number of methoxy groups -OCH3 is 1. The van der Waals surface area contributed by atoms with Crippen LogP contribution in [-0.4, -0.2) is 58.0 Å². The summed E-state index contributed by atoms with van der Waals surface area (Å²) in [5, 5.41) is 0. The fourth-order valence-electron chi connectivity index (χ4n) is 1.43. The lowest BCUT2D eigenvalue weighted by molar-refractivity contribution is 0.0559. The molecule has 0 saturated heterocycles. The SMILES string of the molecule is COCCOCCN(CCN)CC(C)C. The molecule has 0 aromatic carbocycles. The smallest absolute Gasteiger partial charge is 0.0700 e. The highest BCUT2D eigenvalue weighted by Crippen LogP contribution is 1.97. The number of rotatable bonds is 10. The average molecular weight is 218 g/mol. The van der Waals surface area contributed by atoms with Gasteiger partial charge < -0.3 is 15.2 Å². The van der Waals surface area contributed by atoms with Gasteiger partial charge in [0.05, 0.1) is 19.8 Å². The van der Waals surface area contributed by atoms with Crippen molar-refractivity contribution >= 4 is 0 Å². The van der Waals surface area contributed by atoms with Gasteiger partial charge in [0.15, 0.2) is 0 Å². The van der Waals surface area contributed by atoms with E-state index in [1.165, 1.54) is 0 Å². The number of ether oxygens (including phenoxy) is 2. The third-order valence-corrected chi connectivity index (χ3v) is 2.05. The van der Waals surface area contributed by atoms with Crippen LogP contribution in [0.1, 0.15) is 13.8 Å². The van der Waals surface area contributed by atoms with Crippen LogP contribution in [0.4, 0.5) is 0 Å². The van der Waals surface area contributed by atoms with Gasteiger partial charge in [-0.25, -0.2) is 0 Å². The Hall–Kier alpha value is -0.160. The number of hydrogen-bond donors (Lipinski definition) is 1. The summed E-state index contributed by atoms with van der Waals surface area (Å²) in [6.45, 7) is 10.2. The van der Waals surface area contributed by atoms with Crippen LogP contribution in [0.2, 0.25) is 0 Å². The Morgan fingerprint density at radius 1 is 1.13 bits per heavy atom. The molecule has 0 spiro atoms. The van der Waals surface area contributed by atoms with Gasteiger partial charge in [0.2, 0.25) is 0 Å². The molecule has 92 valence electrons. The van der Waals surface area contributed by atoms with Crippen molar-refractivity contribution in [3.63, 3.8) is 0 Å². The second-order valence-electron chi connectivity index (χ2n) is 4.09. The Morgan fingerprint density at radius 3 is 2.40 bits per heavy atom. The number of nitrogens with two attached hydrogens (primary N) is 1. The van der Waals surface area contributed by atoms with Gasteiger partial charge in [-0.2, -0.15) is 0 Å². The van der Waals surface area contributed by atoms with Crippen molar-refractivity contribution in [3.8, 4) is 0 Å². The third-order valence-electron chi connectivity index (χ3n) is 2.05. The van der Waals surface area contributed by atoms with Crippen LogP contribution < -0.4 is 5.73 Å². The van der Waals surface area contributed by atoms with Gasteiger partial charge >= 0.3 is 0 Å². The zero-order valence-electron chi connectivity index (χ0n) is 10.4. The minimum absolute atomic E-state index is 0.668. The van der Waals surface area contributed by atoms with Crippen molar-refractivity contribution in [1.82, 2.24) is 4.90 Å². The molecule has 0 fully saturated rings. The molecule has 0 aliphatic rings. The van der Waals surface area contributed by atoms with E-state index >= 15 is 0 Å². The van der Waals surface area contributed by atoms with Crippen LogP contribution in [0.3, 0.4) is 0 Å². The molecule has 0 heterocycles. The first kappa shape index (κ1) is 14.8. The zero-order valence-corrected chi connectivity index (χ0v) is 10.4. The van der Waals surface area contributed by atoms with Crippen molar-refractivity contribution < 1.29 is 9.47 Å². The lowest BCUT2D eigenvalue weighted by Crippen LogP contribution is -2.35. The van der Waals surface area contributed by atoms with E-state index in [9.17, 15) is 0 Å². The first-order valence-electron chi connectivity index (χ1n) is 5.69. The second kappa shape index (κ2) is 10.4. The van der Waals surface area contributed by atoms with E-state index in [2.05, 4.69) is 18.7 Å². The normalized spacial score (nSPS) is 11.6. The van der Waals surface area contributed by atoms with Crippen molar-refractivity contribution in [1.29, 1.82) is 0 Å². The van der Waals surface area contributed by atoms with Crippen LogP contribution >= 0.6 is 0 Å². The van der Waals surface area contributed by atoms with Gasteiger partial charge in [0, 0.05) is 33.3 Å². The molecule has 0 atom stereocenters. The standard InChI is InChI=1S/C11H26N2O2/c1-11(2)10-13(5-4-12)6-7-15-9-8-14-3/h11H,4-10,12H2,1-3H3. The van der Waals surface area contributed by atoms with Gasteiger partial charge in [-0.1, -0.05) is 13.8 Å². The average Bonchev–Trinajstić information content (AvgIpc) is 2.17. The van der Waals surface area contributed by atoms with Crippen LogP contribution in [0.15, 0.2) is 0 Å². The maximum absolute atomic E-state index is 5.55. The molecule has 0 aromatic heterocycles. The fraction of sp³-hybridized carbons (Fsp3) is 1.00. The highest BCUT2D eigenvalue weighted by atomic mass is 16.5. The molecule has 4 nitrogen and oxygen atoms in total. The summed E-state index contributed by atoms with van der Waals surface area (Å²) >= 11 is 0. The molecule has 0 bridgehead atoms. The summed E-state index contributed by atoms with van der Waals surface area (Å²) in [6.07, 6.45) is 0. The molecular weight excluding hydrogens is 192 g/mol. The van der Waals surface area contributed by atoms with E-state index in [4.69, 9.17) is 15.2 Å². The Balaban J connectivity index is 3.47. The minimum atomic E-state index is 0.668. The Kier molecular flexibility index (Phi) is 10.3. The Bertz CT molecular complexity index is 132. The first-order chi connectivity index (χ1) is 7.20. The summed E-state index contributed by atoms with van der Waals surface area (Å²) < 4.78 is 10.3. The predicted molar refractivity (Wildman–Crippen MR) is 63.0 cm³/mol. The summed E-state index contributed by atoms with van der Waals surface area (Å²) in [7, 11) is 1.68. The van der Waals surface area contributed by atoms with E-state index in [0.717, 1.165) is 26.2 Å². The molecule has 15 heavy (non-hydrogen) atoms. The Morgan fingerprint density at radius 2 is 1.87 bits per heavy atom. The third kappa shape index (κ3) is 10.1. The zero-order chi connectivity index (χ0) is 11.5. The number of hydrogen-bond acceptors (Lipinski definition) is 4. The maximum Gasteiger partial charge on any atom is 0.0700 e. The minimum Gasteiger partial charge on any atom is -0.382 e. The molecule has 0 aliphatic carbocycles. The summed E-state index contributed by atoms with van der Waals surface area (Å²) in [5.41, 5.74) is 5.55. The van der Waals surface area contributed by atoms with E-state index in [0.29, 0.717) is 25.7 Å². The van der Waals surface area contributed by atoms with Gasteiger partial charge in [0.1, 0.15) is 0 Å². The molecule has 0 aliphatic heterocycles. The number of nitrogens with zero attached hydrogens (tertiary/aromatic N) is 1. The van der Waals surface area contributed by atoms with Gasteiger partial charge in [-0.3, -0.25) is 4.90 Å². The molecular formula is C11H26N2O2. The lowest BCUT2D eigenvalue weighted by atomic mass is 10.2. The van der Waals surface area contributed by atoms with Crippen molar-refractivity contribution in [2.75, 3.05) is 53.1 Å². The summed E-state index contributed by atoms with van der Waals surface area (Å²) in [6, 6.07) is 0. The highest BCUT2D eigenvalue weighted by Gasteiger charge is 2.05. The van der Waals surface area contributed by atoms with Gasteiger partial charge in [-0.15, -0.1) is 0 Å². The molecule has 2 N–H and O–H groups in total. The largest absolute Gasteiger partial charge is 0.382 e. The molecule has 4 heteroatoms. The molecule has 0 aromatic rings. The fourth-order valence-corrected chi connectivity index (χ4v) is 1.43. The van der Waals surface area contributed by atoms with Gasteiger partial charge in [-0.05, 0) is 5.92 Å². The first-order valence-corrected chi connectivity index (χ1v) is 5.69. The second-order valence-corrected chi connectivity index (χ2v) is 4.09.